The molecule has 0 aliphatic rings. The molecule has 0 atom stereocenters. The number of nitrogens with one attached hydrogen (secondary N) is 2. The highest BCUT2D eigenvalue weighted by atomic mass is 32.2. The molecule has 158 valence electrons. The van der Waals surface area contributed by atoms with Crippen molar-refractivity contribution in [2.75, 3.05) is 11.3 Å². The maximum absolute atomic E-state index is 12.6. The second kappa shape index (κ2) is 9.13. The number of carbonyl (C=O) groups is 1. The van der Waals surface area contributed by atoms with Crippen LogP contribution in [0.25, 0.3) is 0 Å². The molecule has 0 radical (unpaired) electrons. The van der Waals surface area contributed by atoms with Gasteiger partial charge >= 0.3 is 0 Å². The fourth-order valence-electron chi connectivity index (χ4n) is 2.94. The number of anilines is 1. The molecular weight excluding hydrogens is 400 g/mol. The van der Waals surface area contributed by atoms with E-state index in [0.29, 0.717) is 17.8 Å². The summed E-state index contributed by atoms with van der Waals surface area (Å²) in [6.07, 6.45) is 4.50. The standard InChI is InChI=1S/C22H26N4O3S/c1-16-14-24-26(15-16)12-4-11-23-22(27)19-6-9-21(10-7-19)30(28,29)25-20-8-5-17(2)18(3)13-20/h5-10,13-15,25H,4,11-12H2,1-3H3,(H,23,27). The molecule has 0 fully saturated rings. The van der Waals surface area contributed by atoms with Gasteiger partial charge in [-0.1, -0.05) is 6.07 Å². The number of rotatable bonds is 8. The van der Waals surface area contributed by atoms with Crippen molar-refractivity contribution in [3.8, 4) is 0 Å². The normalized spacial score (nSPS) is 11.3. The number of carbonyl (C=O) groups excluding carboxylic acids is 1. The summed E-state index contributed by atoms with van der Waals surface area (Å²) < 4.78 is 29.6. The fourth-order valence-corrected chi connectivity index (χ4v) is 3.99. The predicted molar refractivity (Wildman–Crippen MR) is 117 cm³/mol. The van der Waals surface area contributed by atoms with E-state index < -0.39 is 10.0 Å². The average molecular weight is 427 g/mol. The second-order valence-corrected chi connectivity index (χ2v) is 9.00. The Kier molecular flexibility index (Phi) is 6.56. The summed E-state index contributed by atoms with van der Waals surface area (Å²) in [4.78, 5) is 12.4. The highest BCUT2D eigenvalue weighted by Gasteiger charge is 2.15. The minimum Gasteiger partial charge on any atom is -0.352 e. The van der Waals surface area contributed by atoms with Crippen molar-refractivity contribution in [2.24, 2.45) is 0 Å². The van der Waals surface area contributed by atoms with Gasteiger partial charge in [-0.2, -0.15) is 5.10 Å². The molecule has 0 saturated carbocycles. The minimum absolute atomic E-state index is 0.103. The van der Waals surface area contributed by atoms with Gasteiger partial charge in [0.15, 0.2) is 0 Å². The molecule has 0 unspecified atom stereocenters. The minimum atomic E-state index is -3.73. The third kappa shape index (κ3) is 5.48. The lowest BCUT2D eigenvalue weighted by Crippen LogP contribution is -2.25. The summed E-state index contributed by atoms with van der Waals surface area (Å²) in [5.74, 6) is -0.238. The largest absolute Gasteiger partial charge is 0.352 e. The van der Waals surface area contributed by atoms with Crippen molar-refractivity contribution in [1.29, 1.82) is 0 Å². The molecule has 30 heavy (non-hydrogen) atoms. The smallest absolute Gasteiger partial charge is 0.261 e. The summed E-state index contributed by atoms with van der Waals surface area (Å²) in [6, 6.07) is 11.3. The number of hydrogen-bond acceptors (Lipinski definition) is 4. The molecule has 0 spiro atoms. The highest BCUT2D eigenvalue weighted by molar-refractivity contribution is 7.92. The van der Waals surface area contributed by atoms with Crippen LogP contribution < -0.4 is 10.0 Å². The number of nitrogens with zero attached hydrogens (tertiary/aromatic N) is 2. The Morgan fingerprint density at radius 1 is 1.03 bits per heavy atom. The zero-order valence-electron chi connectivity index (χ0n) is 17.3. The number of benzene rings is 2. The van der Waals surface area contributed by atoms with Crippen LogP contribution in [0.2, 0.25) is 0 Å². The van der Waals surface area contributed by atoms with E-state index in [1.807, 2.05) is 37.7 Å². The molecule has 3 rings (SSSR count). The van der Waals surface area contributed by atoms with Gasteiger partial charge in [-0.05, 0) is 80.3 Å². The van der Waals surface area contributed by atoms with E-state index in [4.69, 9.17) is 0 Å². The molecule has 0 aliphatic carbocycles. The van der Waals surface area contributed by atoms with Gasteiger partial charge in [0.2, 0.25) is 0 Å². The van der Waals surface area contributed by atoms with Gasteiger partial charge in [0.25, 0.3) is 15.9 Å². The van der Waals surface area contributed by atoms with Crippen molar-refractivity contribution in [3.05, 3.63) is 77.1 Å². The van der Waals surface area contributed by atoms with Gasteiger partial charge in [-0.15, -0.1) is 0 Å². The third-order valence-corrected chi connectivity index (χ3v) is 6.20. The molecular formula is C22H26N4O3S. The molecule has 1 heterocycles. The molecule has 1 aromatic heterocycles. The van der Waals surface area contributed by atoms with E-state index >= 15 is 0 Å². The summed E-state index contributed by atoms with van der Waals surface area (Å²) in [7, 11) is -3.73. The Bertz CT molecular complexity index is 1140. The molecule has 1 amide bonds. The Labute approximate surface area is 177 Å². The van der Waals surface area contributed by atoms with Crippen molar-refractivity contribution in [1.82, 2.24) is 15.1 Å². The summed E-state index contributed by atoms with van der Waals surface area (Å²) >= 11 is 0. The summed E-state index contributed by atoms with van der Waals surface area (Å²) in [5.41, 5.74) is 4.11. The quantitative estimate of drug-likeness (QED) is 0.540. The second-order valence-electron chi connectivity index (χ2n) is 7.32. The lowest BCUT2D eigenvalue weighted by molar-refractivity contribution is 0.0952. The summed E-state index contributed by atoms with van der Waals surface area (Å²) in [5, 5.41) is 7.04. The fraction of sp³-hybridized carbons (Fsp3) is 0.273. The van der Waals surface area contributed by atoms with Crippen LogP contribution in [0.1, 0.15) is 33.5 Å². The number of aromatic nitrogens is 2. The van der Waals surface area contributed by atoms with Crippen LogP contribution in [0.4, 0.5) is 5.69 Å². The Morgan fingerprint density at radius 2 is 1.77 bits per heavy atom. The van der Waals surface area contributed by atoms with Crippen LogP contribution in [-0.2, 0) is 16.6 Å². The van der Waals surface area contributed by atoms with Crippen LogP contribution in [-0.4, -0.2) is 30.7 Å². The maximum Gasteiger partial charge on any atom is 0.261 e. The SMILES string of the molecule is Cc1cnn(CCCNC(=O)c2ccc(S(=O)(=O)Nc3ccc(C)c(C)c3)cc2)c1. The number of aryl methyl sites for hydroxylation is 4. The Hall–Kier alpha value is -3.13. The first-order chi connectivity index (χ1) is 14.2. The third-order valence-electron chi connectivity index (χ3n) is 4.80. The maximum atomic E-state index is 12.6. The molecule has 3 aromatic rings. The van der Waals surface area contributed by atoms with Gasteiger partial charge in [-0.3, -0.25) is 14.2 Å². The topological polar surface area (TPSA) is 93.1 Å². The molecule has 0 saturated heterocycles. The zero-order valence-corrected chi connectivity index (χ0v) is 18.2. The van der Waals surface area contributed by atoms with Crippen LogP contribution in [0.5, 0.6) is 0 Å². The van der Waals surface area contributed by atoms with E-state index in [0.717, 1.165) is 29.7 Å². The van der Waals surface area contributed by atoms with E-state index in [1.54, 1.807) is 18.3 Å². The lowest BCUT2D eigenvalue weighted by atomic mass is 10.1. The lowest BCUT2D eigenvalue weighted by Gasteiger charge is -2.10. The first-order valence-corrected chi connectivity index (χ1v) is 11.2. The molecule has 2 aromatic carbocycles. The molecule has 0 aliphatic heterocycles. The first-order valence-electron chi connectivity index (χ1n) is 9.72. The van der Waals surface area contributed by atoms with Crippen molar-refractivity contribution < 1.29 is 13.2 Å². The molecule has 2 N–H and O–H groups in total. The van der Waals surface area contributed by atoms with Gasteiger partial charge < -0.3 is 5.32 Å². The summed E-state index contributed by atoms with van der Waals surface area (Å²) in [6.45, 7) is 7.10. The van der Waals surface area contributed by atoms with E-state index in [1.165, 1.54) is 24.3 Å². The van der Waals surface area contributed by atoms with Gasteiger partial charge in [-0.25, -0.2) is 8.42 Å². The van der Waals surface area contributed by atoms with Crippen LogP contribution in [0.3, 0.4) is 0 Å². The van der Waals surface area contributed by atoms with E-state index in [9.17, 15) is 13.2 Å². The predicted octanol–water partition coefficient (Wildman–Crippen LogP) is 3.43. The van der Waals surface area contributed by atoms with Gasteiger partial charge in [0, 0.05) is 30.5 Å². The van der Waals surface area contributed by atoms with Crippen molar-refractivity contribution in [3.63, 3.8) is 0 Å². The van der Waals surface area contributed by atoms with Gasteiger partial charge in [0.05, 0.1) is 11.1 Å². The number of amides is 1. The monoisotopic (exact) mass is 426 g/mol. The van der Waals surface area contributed by atoms with Crippen molar-refractivity contribution in [2.45, 2.75) is 38.6 Å². The molecule has 8 heteroatoms. The molecule has 0 bridgehead atoms. The van der Waals surface area contributed by atoms with E-state index in [2.05, 4.69) is 15.1 Å². The van der Waals surface area contributed by atoms with Gasteiger partial charge in [0.1, 0.15) is 0 Å². The van der Waals surface area contributed by atoms with Crippen LogP contribution in [0, 0.1) is 20.8 Å². The Morgan fingerprint density at radius 3 is 2.40 bits per heavy atom. The van der Waals surface area contributed by atoms with Crippen LogP contribution in [0.15, 0.2) is 59.8 Å². The van der Waals surface area contributed by atoms with Crippen LogP contribution >= 0.6 is 0 Å². The molecule has 7 nitrogen and oxygen atoms in total. The zero-order chi connectivity index (χ0) is 21.7. The number of hydrogen-bond donors (Lipinski definition) is 2. The Balaban J connectivity index is 1.56. The average Bonchev–Trinajstić information content (AvgIpc) is 3.13. The first kappa shape index (κ1) is 21.6. The van der Waals surface area contributed by atoms with E-state index in [-0.39, 0.29) is 10.8 Å². The van der Waals surface area contributed by atoms with Crippen molar-refractivity contribution >= 4 is 21.6 Å². The number of sulfonamides is 1. The highest BCUT2D eigenvalue weighted by Crippen LogP contribution is 2.19.